The Morgan fingerprint density at radius 1 is 1.10 bits per heavy atom. The first-order chi connectivity index (χ1) is 15.0. The van der Waals surface area contributed by atoms with Crippen molar-refractivity contribution in [2.75, 3.05) is 0 Å². The predicted octanol–water partition coefficient (Wildman–Crippen LogP) is 4.81. The molecular formula is C25H25N5O. The Morgan fingerprint density at radius 3 is 2.65 bits per heavy atom. The van der Waals surface area contributed by atoms with Gasteiger partial charge in [-0.1, -0.05) is 30.3 Å². The number of carbonyl (C=O) groups excluding carboxylic acids is 1. The normalized spacial score (nSPS) is 11.4. The Hall–Kier alpha value is -3.80. The highest BCUT2D eigenvalue weighted by Crippen LogP contribution is 2.26. The summed E-state index contributed by atoms with van der Waals surface area (Å²) in [5, 5.41) is 9.25. The summed E-state index contributed by atoms with van der Waals surface area (Å²) in [6.07, 6.45) is 3.37. The lowest BCUT2D eigenvalue weighted by Crippen LogP contribution is -2.18. The number of hydrazone groups is 1. The summed E-state index contributed by atoms with van der Waals surface area (Å²) in [6.45, 7) is 8.95. The van der Waals surface area contributed by atoms with Crippen molar-refractivity contribution in [2.24, 2.45) is 5.10 Å². The van der Waals surface area contributed by atoms with Gasteiger partial charge in [0.1, 0.15) is 0 Å². The minimum absolute atomic E-state index is 0.277. The van der Waals surface area contributed by atoms with E-state index in [9.17, 15) is 4.79 Å². The maximum Gasteiger partial charge on any atom is 0.272 e. The number of rotatable bonds is 5. The molecule has 6 heteroatoms. The summed E-state index contributed by atoms with van der Waals surface area (Å²) < 4.78 is 1.88. The number of carbonyl (C=O) groups is 1. The Kier molecular flexibility index (Phi) is 5.62. The average Bonchev–Trinajstić information content (AvgIpc) is 3.14. The highest BCUT2D eigenvalue weighted by Gasteiger charge is 2.14. The molecule has 0 atom stereocenters. The third kappa shape index (κ3) is 4.10. The number of nitrogens with zero attached hydrogens (tertiary/aromatic N) is 4. The number of para-hydroxylation sites is 1. The van der Waals surface area contributed by atoms with Crippen molar-refractivity contribution in [1.29, 1.82) is 0 Å². The van der Waals surface area contributed by atoms with Crippen molar-refractivity contribution in [3.8, 4) is 11.3 Å². The highest BCUT2D eigenvalue weighted by molar-refractivity contribution is 6.07. The quantitative estimate of drug-likeness (QED) is 0.378. The van der Waals surface area contributed by atoms with Crippen LogP contribution in [0.5, 0.6) is 0 Å². The smallest absolute Gasteiger partial charge is 0.269 e. The van der Waals surface area contributed by atoms with Crippen LogP contribution in [0.15, 0.2) is 59.8 Å². The first-order valence-corrected chi connectivity index (χ1v) is 10.3. The van der Waals surface area contributed by atoms with E-state index < -0.39 is 0 Å². The van der Waals surface area contributed by atoms with Gasteiger partial charge in [0.25, 0.3) is 5.91 Å². The number of hydrogen-bond acceptors (Lipinski definition) is 4. The van der Waals surface area contributed by atoms with Crippen LogP contribution in [0.25, 0.3) is 22.2 Å². The van der Waals surface area contributed by atoms with E-state index in [1.165, 1.54) is 11.1 Å². The van der Waals surface area contributed by atoms with Crippen molar-refractivity contribution in [2.45, 2.75) is 34.2 Å². The topological polar surface area (TPSA) is 72.2 Å². The van der Waals surface area contributed by atoms with E-state index >= 15 is 0 Å². The van der Waals surface area contributed by atoms with Crippen molar-refractivity contribution in [3.63, 3.8) is 0 Å². The molecule has 6 nitrogen and oxygen atoms in total. The molecule has 0 radical (unpaired) electrons. The molecule has 0 saturated carbocycles. The summed E-state index contributed by atoms with van der Waals surface area (Å²) in [5.74, 6) is -0.277. The Labute approximate surface area is 181 Å². The van der Waals surface area contributed by atoms with Gasteiger partial charge in [0.05, 0.1) is 29.2 Å². The van der Waals surface area contributed by atoms with Crippen LogP contribution in [0.1, 0.15) is 39.7 Å². The van der Waals surface area contributed by atoms with E-state index in [2.05, 4.69) is 41.6 Å². The summed E-state index contributed by atoms with van der Waals surface area (Å²) in [7, 11) is 0. The van der Waals surface area contributed by atoms with E-state index in [1.54, 1.807) is 12.4 Å². The molecule has 4 aromatic rings. The summed E-state index contributed by atoms with van der Waals surface area (Å²) in [4.78, 5) is 17.8. The maximum absolute atomic E-state index is 13.0. The minimum atomic E-state index is -0.277. The lowest BCUT2D eigenvalue weighted by molar-refractivity contribution is 0.0956. The number of benzene rings is 2. The monoisotopic (exact) mass is 411 g/mol. The molecule has 0 fully saturated rings. The molecule has 2 aromatic carbocycles. The predicted molar refractivity (Wildman–Crippen MR) is 124 cm³/mol. The van der Waals surface area contributed by atoms with Crippen molar-refractivity contribution < 1.29 is 4.79 Å². The third-order valence-electron chi connectivity index (χ3n) is 5.57. The third-order valence-corrected chi connectivity index (χ3v) is 5.57. The molecule has 2 heterocycles. The fourth-order valence-electron chi connectivity index (χ4n) is 3.54. The lowest BCUT2D eigenvalue weighted by Gasteiger charge is -2.10. The Bertz CT molecular complexity index is 1300. The Morgan fingerprint density at radius 2 is 1.90 bits per heavy atom. The standard InChI is InChI=1S/C25H25N5O/c1-5-30-18(4)20(15-27-30)14-26-29-25(31)22-13-24(19-11-10-16(2)17(3)12-19)28-23-9-7-6-8-21(22)23/h6-15H,5H2,1-4H3,(H,29,31)/b26-14-. The summed E-state index contributed by atoms with van der Waals surface area (Å²) in [6, 6.07) is 15.7. The molecule has 0 unspecified atom stereocenters. The molecule has 156 valence electrons. The fourth-order valence-corrected chi connectivity index (χ4v) is 3.54. The van der Waals surface area contributed by atoms with Gasteiger partial charge in [0, 0.05) is 28.8 Å². The molecule has 2 aromatic heterocycles. The minimum Gasteiger partial charge on any atom is -0.269 e. The zero-order chi connectivity index (χ0) is 22.0. The second-order valence-corrected chi connectivity index (χ2v) is 7.57. The van der Waals surface area contributed by atoms with E-state index in [0.717, 1.165) is 40.0 Å². The van der Waals surface area contributed by atoms with Crippen LogP contribution in [0, 0.1) is 20.8 Å². The zero-order valence-electron chi connectivity index (χ0n) is 18.2. The molecule has 0 aliphatic carbocycles. The van der Waals surface area contributed by atoms with Gasteiger partial charge in [-0.05, 0) is 57.0 Å². The largest absolute Gasteiger partial charge is 0.272 e. The van der Waals surface area contributed by atoms with Gasteiger partial charge in [0.15, 0.2) is 0 Å². The van der Waals surface area contributed by atoms with E-state index in [4.69, 9.17) is 4.98 Å². The van der Waals surface area contributed by atoms with Gasteiger partial charge in [-0.25, -0.2) is 10.4 Å². The van der Waals surface area contributed by atoms with Crippen molar-refractivity contribution in [3.05, 3.63) is 82.7 Å². The van der Waals surface area contributed by atoms with Crippen LogP contribution in [0.4, 0.5) is 0 Å². The molecule has 4 rings (SSSR count). The fraction of sp³-hybridized carbons (Fsp3) is 0.200. The van der Waals surface area contributed by atoms with Gasteiger partial charge >= 0.3 is 0 Å². The molecule has 1 amide bonds. The zero-order valence-corrected chi connectivity index (χ0v) is 18.2. The lowest BCUT2D eigenvalue weighted by atomic mass is 10.0. The van der Waals surface area contributed by atoms with Crippen LogP contribution in [0.3, 0.4) is 0 Å². The van der Waals surface area contributed by atoms with E-state index in [-0.39, 0.29) is 5.91 Å². The van der Waals surface area contributed by atoms with Crippen LogP contribution in [0.2, 0.25) is 0 Å². The number of aryl methyl sites for hydroxylation is 3. The molecule has 1 N–H and O–H groups in total. The molecular weight excluding hydrogens is 386 g/mol. The molecule has 31 heavy (non-hydrogen) atoms. The van der Waals surface area contributed by atoms with Crippen LogP contribution in [-0.4, -0.2) is 26.9 Å². The number of hydrogen-bond donors (Lipinski definition) is 1. The number of pyridine rings is 1. The molecule has 0 bridgehead atoms. The van der Waals surface area contributed by atoms with E-state index in [1.807, 2.05) is 54.9 Å². The maximum atomic E-state index is 13.0. The Balaban J connectivity index is 1.68. The van der Waals surface area contributed by atoms with Gasteiger partial charge in [-0.3, -0.25) is 9.48 Å². The van der Waals surface area contributed by atoms with Gasteiger partial charge in [-0.2, -0.15) is 10.2 Å². The summed E-state index contributed by atoms with van der Waals surface area (Å²) >= 11 is 0. The van der Waals surface area contributed by atoms with Crippen LogP contribution < -0.4 is 5.43 Å². The molecule has 0 aliphatic rings. The summed E-state index contributed by atoms with van der Waals surface area (Å²) in [5.41, 5.74) is 10.00. The number of nitrogens with one attached hydrogen (secondary N) is 1. The molecule has 0 saturated heterocycles. The first kappa shape index (κ1) is 20.5. The van der Waals surface area contributed by atoms with Crippen molar-refractivity contribution >= 4 is 23.0 Å². The van der Waals surface area contributed by atoms with Gasteiger partial charge in [0.2, 0.25) is 0 Å². The SMILES string of the molecule is CCn1ncc(/C=N\NC(=O)c2cc(-c3ccc(C)c(C)c3)nc3ccccc23)c1C. The molecule has 0 spiro atoms. The second kappa shape index (κ2) is 8.52. The average molecular weight is 412 g/mol. The second-order valence-electron chi connectivity index (χ2n) is 7.57. The van der Waals surface area contributed by atoms with Gasteiger partial charge in [-0.15, -0.1) is 0 Å². The number of aromatic nitrogens is 3. The van der Waals surface area contributed by atoms with Crippen molar-refractivity contribution in [1.82, 2.24) is 20.2 Å². The molecule has 0 aliphatic heterocycles. The first-order valence-electron chi connectivity index (χ1n) is 10.3. The van der Waals surface area contributed by atoms with Crippen LogP contribution >= 0.6 is 0 Å². The van der Waals surface area contributed by atoms with Gasteiger partial charge < -0.3 is 0 Å². The van der Waals surface area contributed by atoms with E-state index in [0.29, 0.717) is 5.56 Å². The number of amides is 1. The van der Waals surface area contributed by atoms with Crippen LogP contribution in [-0.2, 0) is 6.54 Å². The highest BCUT2D eigenvalue weighted by atomic mass is 16.2. The number of fused-ring (bicyclic) bond motifs is 1.